The van der Waals surface area contributed by atoms with Gasteiger partial charge in [-0.15, -0.1) is 0 Å². The lowest BCUT2D eigenvalue weighted by molar-refractivity contribution is -0.146. The fraction of sp³-hybridized carbons (Fsp3) is 0.400. The molecule has 2 atom stereocenters. The maximum Gasteiger partial charge on any atom is 0.242 e. The Labute approximate surface area is 257 Å². The number of phenols is 2. The van der Waals surface area contributed by atoms with Crippen molar-refractivity contribution >= 4 is 17.5 Å². The molecule has 0 aliphatic carbocycles. The second kappa shape index (κ2) is 12.5. The van der Waals surface area contributed by atoms with Gasteiger partial charge in [0, 0.05) is 68.1 Å². The summed E-state index contributed by atoms with van der Waals surface area (Å²) in [5.41, 5.74) is 0.364. The zero-order valence-electron chi connectivity index (χ0n) is 25.7. The fourth-order valence-corrected chi connectivity index (χ4v) is 6.70. The van der Waals surface area contributed by atoms with Crippen LogP contribution in [0.5, 0.6) is 11.5 Å². The molecule has 3 aromatic rings. The predicted octanol–water partition coefficient (Wildman–Crippen LogP) is 4.50. The van der Waals surface area contributed by atoms with Crippen molar-refractivity contribution in [1.82, 2.24) is 14.7 Å². The Morgan fingerprint density at radius 1 is 0.795 bits per heavy atom. The van der Waals surface area contributed by atoms with E-state index in [4.69, 9.17) is 0 Å². The Morgan fingerprint density at radius 3 is 1.80 bits per heavy atom. The second-order valence-electron chi connectivity index (χ2n) is 12.6. The average molecular weight is 602 g/mol. The predicted molar refractivity (Wildman–Crippen MR) is 165 cm³/mol. The van der Waals surface area contributed by atoms with Crippen molar-refractivity contribution in [3.05, 3.63) is 94.8 Å². The van der Waals surface area contributed by atoms with Gasteiger partial charge in [-0.05, 0) is 69.3 Å². The molecule has 5 rings (SSSR count). The average Bonchev–Trinajstić information content (AvgIpc) is 3.01. The molecule has 0 saturated carbocycles. The molecule has 0 radical (unpaired) electrons. The summed E-state index contributed by atoms with van der Waals surface area (Å²) in [6.07, 6.45) is 0. The van der Waals surface area contributed by atoms with Crippen molar-refractivity contribution in [2.75, 3.05) is 46.3 Å². The zero-order chi connectivity index (χ0) is 31.8. The fourth-order valence-electron chi connectivity index (χ4n) is 6.70. The second-order valence-corrected chi connectivity index (χ2v) is 12.6. The van der Waals surface area contributed by atoms with Crippen molar-refractivity contribution in [3.63, 3.8) is 0 Å². The standard InChI is InChI=1S/C35H40FN3O5/c1-22-27(12-7-13-30(22)36)31-28(32(42)23-8-5-10-25(40)18-23)20-39(21-29(31)33(43)24-9-6-11-26(41)19-24)35(2,3)34(44)38-16-14-37(4)15-17-38/h5-13,18-19,28-29,31,40-41H,14-17,20-21H2,1-4H3/t28-,29-/m0/s1. The Kier molecular flexibility index (Phi) is 8.90. The van der Waals surface area contributed by atoms with Crippen LogP contribution in [0.15, 0.2) is 66.7 Å². The van der Waals surface area contributed by atoms with Gasteiger partial charge in [-0.1, -0.05) is 36.4 Å². The summed E-state index contributed by atoms with van der Waals surface area (Å²) in [5, 5.41) is 20.4. The van der Waals surface area contributed by atoms with E-state index in [1.165, 1.54) is 30.3 Å². The number of hydrogen-bond acceptors (Lipinski definition) is 7. The lowest BCUT2D eigenvalue weighted by Gasteiger charge is -2.50. The first-order chi connectivity index (χ1) is 20.9. The summed E-state index contributed by atoms with van der Waals surface area (Å²) in [5.74, 6) is -3.72. The van der Waals surface area contributed by atoms with Gasteiger partial charge in [0.15, 0.2) is 11.6 Å². The van der Waals surface area contributed by atoms with Gasteiger partial charge in [0.05, 0.1) is 5.54 Å². The van der Waals surface area contributed by atoms with Crippen LogP contribution < -0.4 is 0 Å². The summed E-state index contributed by atoms with van der Waals surface area (Å²) in [7, 11) is 2.02. The normalized spacial score (nSPS) is 20.4. The maximum absolute atomic E-state index is 15.0. The number of Topliss-reactive ketones (excluding diaryl/α,β-unsaturated/α-hetero) is 2. The smallest absolute Gasteiger partial charge is 0.242 e. The number of nitrogens with zero attached hydrogens (tertiary/aromatic N) is 3. The lowest BCUT2D eigenvalue weighted by Crippen LogP contribution is -2.64. The van der Waals surface area contributed by atoms with E-state index >= 15 is 4.39 Å². The van der Waals surface area contributed by atoms with Crippen LogP contribution in [-0.2, 0) is 4.79 Å². The van der Waals surface area contributed by atoms with Crippen LogP contribution in [0.1, 0.15) is 51.6 Å². The first-order valence-electron chi connectivity index (χ1n) is 15.0. The Bertz CT molecular complexity index is 1500. The molecule has 2 N–H and O–H groups in total. The molecule has 3 aromatic carbocycles. The molecule has 0 spiro atoms. The van der Waals surface area contributed by atoms with E-state index < -0.39 is 29.1 Å². The number of aromatic hydroxyl groups is 2. The molecular weight excluding hydrogens is 561 g/mol. The van der Waals surface area contributed by atoms with Gasteiger partial charge in [0.1, 0.15) is 17.3 Å². The highest BCUT2D eigenvalue weighted by atomic mass is 19.1. The monoisotopic (exact) mass is 601 g/mol. The summed E-state index contributed by atoms with van der Waals surface area (Å²) in [6, 6.07) is 16.8. The quantitative estimate of drug-likeness (QED) is 0.385. The molecule has 2 heterocycles. The van der Waals surface area contributed by atoms with Crippen LogP contribution >= 0.6 is 0 Å². The van der Waals surface area contributed by atoms with Gasteiger partial charge in [-0.25, -0.2) is 4.39 Å². The molecule has 2 aliphatic heterocycles. The first-order valence-corrected chi connectivity index (χ1v) is 15.0. The molecule has 2 fully saturated rings. The number of halogens is 1. The number of carbonyl (C=O) groups is 3. The van der Waals surface area contributed by atoms with Gasteiger partial charge < -0.3 is 20.0 Å². The number of rotatable bonds is 7. The molecule has 8 nitrogen and oxygen atoms in total. The highest BCUT2D eigenvalue weighted by Gasteiger charge is 2.50. The van der Waals surface area contributed by atoms with Crippen molar-refractivity contribution in [2.24, 2.45) is 11.8 Å². The van der Waals surface area contributed by atoms with Gasteiger partial charge in [0.2, 0.25) is 5.91 Å². The van der Waals surface area contributed by atoms with Gasteiger partial charge in [-0.3, -0.25) is 19.3 Å². The zero-order valence-corrected chi connectivity index (χ0v) is 25.7. The van der Waals surface area contributed by atoms with E-state index in [0.29, 0.717) is 24.2 Å². The third kappa shape index (κ3) is 6.12. The van der Waals surface area contributed by atoms with E-state index in [2.05, 4.69) is 4.90 Å². The number of benzene rings is 3. The van der Waals surface area contributed by atoms with Crippen molar-refractivity contribution in [3.8, 4) is 11.5 Å². The van der Waals surface area contributed by atoms with E-state index in [1.807, 2.05) is 30.7 Å². The van der Waals surface area contributed by atoms with Crippen LogP contribution in [0.2, 0.25) is 0 Å². The third-order valence-corrected chi connectivity index (χ3v) is 9.41. The minimum absolute atomic E-state index is 0.0695. The van der Waals surface area contributed by atoms with E-state index in [1.54, 1.807) is 43.3 Å². The number of likely N-dealkylation sites (N-methyl/N-ethyl adjacent to an activating group) is 1. The molecule has 0 aromatic heterocycles. The molecular formula is C35H40FN3O5. The number of amides is 1. The van der Waals surface area contributed by atoms with Crippen LogP contribution in [-0.4, -0.2) is 94.2 Å². The molecule has 44 heavy (non-hydrogen) atoms. The first kappa shape index (κ1) is 31.3. The topological polar surface area (TPSA) is 101 Å². The van der Waals surface area contributed by atoms with Crippen LogP contribution in [0.3, 0.4) is 0 Å². The highest BCUT2D eigenvalue weighted by molar-refractivity contribution is 6.02. The molecule has 232 valence electrons. The summed E-state index contributed by atoms with van der Waals surface area (Å²) in [4.78, 5) is 48.7. The Morgan fingerprint density at radius 2 is 1.30 bits per heavy atom. The molecule has 0 bridgehead atoms. The molecule has 0 unspecified atom stereocenters. The molecule has 2 aliphatic rings. The van der Waals surface area contributed by atoms with Crippen LogP contribution in [0.4, 0.5) is 4.39 Å². The lowest BCUT2D eigenvalue weighted by atomic mass is 9.67. The van der Waals surface area contributed by atoms with Crippen molar-refractivity contribution < 1.29 is 29.0 Å². The van der Waals surface area contributed by atoms with E-state index in [9.17, 15) is 24.6 Å². The van der Waals surface area contributed by atoms with Gasteiger partial charge in [0.25, 0.3) is 0 Å². The van der Waals surface area contributed by atoms with Crippen LogP contribution in [0, 0.1) is 24.6 Å². The Balaban J connectivity index is 1.64. The van der Waals surface area contributed by atoms with E-state index in [0.717, 1.165) is 13.1 Å². The van der Waals surface area contributed by atoms with Crippen molar-refractivity contribution in [2.45, 2.75) is 32.2 Å². The molecule has 1 amide bonds. The number of piperidine rings is 1. The largest absolute Gasteiger partial charge is 0.508 e. The summed E-state index contributed by atoms with van der Waals surface area (Å²) in [6.45, 7) is 8.24. The number of ketones is 2. The SMILES string of the molecule is Cc1c(F)cccc1C1[C@@H](C(=O)c2cccc(O)c2)CN(C(C)(C)C(=O)N2CCN(C)CC2)C[C@@H]1C(=O)c1cccc(O)c1. The minimum atomic E-state index is -1.06. The summed E-state index contributed by atoms with van der Waals surface area (Å²) >= 11 is 0. The third-order valence-electron chi connectivity index (χ3n) is 9.41. The number of piperazine rings is 1. The minimum Gasteiger partial charge on any atom is -0.508 e. The molecule has 2 saturated heterocycles. The van der Waals surface area contributed by atoms with Gasteiger partial charge >= 0.3 is 0 Å². The number of phenolic OH excluding ortho intramolecular Hbond substituents is 2. The number of likely N-dealkylation sites (tertiary alicyclic amines) is 1. The maximum atomic E-state index is 15.0. The number of carbonyl (C=O) groups excluding carboxylic acids is 3. The number of hydrogen-bond donors (Lipinski definition) is 2. The highest BCUT2D eigenvalue weighted by Crippen LogP contribution is 2.44. The van der Waals surface area contributed by atoms with E-state index in [-0.39, 0.29) is 53.2 Å². The molecule has 9 heteroatoms. The summed E-state index contributed by atoms with van der Waals surface area (Å²) < 4.78 is 15.0. The van der Waals surface area contributed by atoms with Crippen molar-refractivity contribution in [1.29, 1.82) is 0 Å². The Hall–Kier alpha value is -4.08. The van der Waals surface area contributed by atoms with Crippen LogP contribution in [0.25, 0.3) is 0 Å². The van der Waals surface area contributed by atoms with Gasteiger partial charge in [-0.2, -0.15) is 0 Å².